The fraction of sp³-hybridized carbons (Fsp3) is 0.357. The van der Waals surface area contributed by atoms with Gasteiger partial charge in [0.1, 0.15) is 5.82 Å². The highest BCUT2D eigenvalue weighted by Crippen LogP contribution is 2.21. The summed E-state index contributed by atoms with van der Waals surface area (Å²) in [5, 5.41) is 18.7. The molecular weight excluding hydrogens is 288 g/mol. The summed E-state index contributed by atoms with van der Waals surface area (Å²) in [6.07, 6.45) is 3.07. The van der Waals surface area contributed by atoms with Crippen molar-refractivity contribution in [3.63, 3.8) is 0 Å². The fourth-order valence-electron chi connectivity index (χ4n) is 1.79. The molecule has 7 heteroatoms. The van der Waals surface area contributed by atoms with Crippen LogP contribution in [0.4, 0.5) is 5.82 Å². The van der Waals surface area contributed by atoms with E-state index in [9.17, 15) is 10.0 Å². The third kappa shape index (κ3) is 3.75. The second-order valence-electron chi connectivity index (χ2n) is 4.87. The van der Waals surface area contributed by atoms with Gasteiger partial charge in [0.15, 0.2) is 6.20 Å². The summed E-state index contributed by atoms with van der Waals surface area (Å²) in [6, 6.07) is 7.04. The van der Waals surface area contributed by atoms with Crippen molar-refractivity contribution >= 4 is 23.5 Å². The first-order valence-corrected chi connectivity index (χ1v) is 7.56. The first-order valence-electron chi connectivity index (χ1n) is 6.68. The fourth-order valence-corrected chi connectivity index (χ4v) is 2.64. The maximum atomic E-state index is 12.2. The molecule has 0 bridgehead atoms. The topological polar surface area (TPSA) is 73.9 Å². The molecule has 2 rings (SSSR count). The normalized spacial score (nSPS) is 12.4. The van der Waals surface area contributed by atoms with Crippen molar-refractivity contribution in [3.05, 3.63) is 41.9 Å². The molecule has 0 fully saturated rings. The van der Waals surface area contributed by atoms with Gasteiger partial charge in [-0.2, -0.15) is 9.83 Å². The van der Waals surface area contributed by atoms with Crippen LogP contribution in [0, 0.1) is 5.21 Å². The Hall–Kier alpha value is -2.02. The van der Waals surface area contributed by atoms with E-state index in [1.54, 1.807) is 42.1 Å². The van der Waals surface area contributed by atoms with E-state index in [1.807, 2.05) is 13.8 Å². The average Bonchev–Trinajstić information content (AvgIpc) is 2.89. The number of amides is 1. The lowest BCUT2D eigenvalue weighted by atomic mass is 10.4. The van der Waals surface area contributed by atoms with Gasteiger partial charge in [-0.1, -0.05) is 0 Å². The maximum Gasteiger partial charge on any atom is 0.252 e. The number of carbonyl (C=O) groups excluding carboxylic acids is 1. The Kier molecular flexibility index (Phi) is 4.85. The minimum Gasteiger partial charge on any atom is -0.618 e. The van der Waals surface area contributed by atoms with E-state index in [2.05, 4.69) is 10.4 Å². The molecule has 21 heavy (non-hydrogen) atoms. The predicted molar refractivity (Wildman–Crippen MR) is 82.0 cm³/mol. The van der Waals surface area contributed by atoms with Crippen molar-refractivity contribution in [2.75, 3.05) is 5.32 Å². The number of nitrogens with one attached hydrogen (secondary N) is 1. The summed E-state index contributed by atoms with van der Waals surface area (Å²) in [7, 11) is 0. The molecule has 0 saturated heterocycles. The van der Waals surface area contributed by atoms with Gasteiger partial charge in [0.2, 0.25) is 5.91 Å². The van der Waals surface area contributed by atoms with E-state index in [1.165, 1.54) is 18.0 Å². The number of nitrogens with zero attached hydrogens (tertiary/aromatic N) is 3. The number of thioether (sulfide) groups is 1. The first-order chi connectivity index (χ1) is 9.99. The van der Waals surface area contributed by atoms with Gasteiger partial charge in [0, 0.05) is 24.2 Å². The molecule has 112 valence electrons. The van der Waals surface area contributed by atoms with Gasteiger partial charge in [-0.3, -0.25) is 4.79 Å². The van der Waals surface area contributed by atoms with Gasteiger partial charge in [0.05, 0.1) is 11.4 Å². The zero-order valence-corrected chi connectivity index (χ0v) is 13.0. The van der Waals surface area contributed by atoms with Crippen molar-refractivity contribution in [3.8, 4) is 0 Å². The number of hydrogen-bond donors (Lipinski definition) is 1. The van der Waals surface area contributed by atoms with Gasteiger partial charge in [0.25, 0.3) is 5.03 Å². The standard InChI is InChI=1S/C14H18N4O2S/c1-10(2)18-12(7-8-15-18)16-14(19)11(3)21-13-6-4-5-9-17(13)20/h4-11H,1-3H3,(H,16,19). The summed E-state index contributed by atoms with van der Waals surface area (Å²) in [4.78, 5) is 12.2. The molecule has 0 aliphatic rings. The van der Waals surface area contributed by atoms with E-state index in [0.29, 0.717) is 10.8 Å². The summed E-state index contributed by atoms with van der Waals surface area (Å²) < 4.78 is 2.50. The molecule has 2 heterocycles. The monoisotopic (exact) mass is 306 g/mol. The molecule has 6 nitrogen and oxygen atoms in total. The number of pyridine rings is 1. The zero-order valence-electron chi connectivity index (χ0n) is 12.2. The summed E-state index contributed by atoms with van der Waals surface area (Å²) >= 11 is 1.22. The predicted octanol–water partition coefficient (Wildman–Crippen LogP) is 2.22. The molecular formula is C14H18N4O2S. The lowest BCUT2D eigenvalue weighted by molar-refractivity contribution is -0.645. The minimum absolute atomic E-state index is 0.161. The van der Waals surface area contributed by atoms with Crippen LogP contribution in [0.5, 0.6) is 0 Å². The number of aromatic nitrogens is 3. The van der Waals surface area contributed by atoms with Crippen LogP contribution < -0.4 is 10.0 Å². The summed E-state index contributed by atoms with van der Waals surface area (Å²) in [5.74, 6) is 0.497. The lowest BCUT2D eigenvalue weighted by Gasteiger charge is -2.14. The van der Waals surface area contributed by atoms with Crippen molar-refractivity contribution in [1.82, 2.24) is 9.78 Å². The van der Waals surface area contributed by atoms with Gasteiger partial charge < -0.3 is 10.5 Å². The van der Waals surface area contributed by atoms with Crippen molar-refractivity contribution < 1.29 is 9.52 Å². The van der Waals surface area contributed by atoms with Crippen LogP contribution in [0.1, 0.15) is 26.8 Å². The van der Waals surface area contributed by atoms with Gasteiger partial charge in [-0.25, -0.2) is 4.68 Å². The highest BCUT2D eigenvalue weighted by atomic mass is 32.2. The van der Waals surface area contributed by atoms with Crippen LogP contribution in [0.3, 0.4) is 0 Å². The van der Waals surface area contributed by atoms with E-state index in [0.717, 1.165) is 4.73 Å². The Morgan fingerprint density at radius 3 is 2.81 bits per heavy atom. The number of anilines is 1. The maximum absolute atomic E-state index is 12.2. The number of hydrogen-bond acceptors (Lipinski definition) is 4. The van der Waals surface area contributed by atoms with Crippen molar-refractivity contribution in [1.29, 1.82) is 0 Å². The lowest BCUT2D eigenvalue weighted by Crippen LogP contribution is -2.31. The quantitative estimate of drug-likeness (QED) is 0.522. The minimum atomic E-state index is -0.386. The van der Waals surface area contributed by atoms with Gasteiger partial charge in [-0.15, -0.1) is 0 Å². The molecule has 2 aromatic rings. The zero-order chi connectivity index (χ0) is 15.4. The Bertz CT molecular complexity index is 627. The molecule has 0 aromatic carbocycles. The summed E-state index contributed by atoms with van der Waals surface area (Å²) in [5.41, 5.74) is 0. The second kappa shape index (κ2) is 6.62. The molecule has 1 unspecified atom stereocenters. The second-order valence-corrected chi connectivity index (χ2v) is 6.23. The highest BCUT2D eigenvalue weighted by molar-refractivity contribution is 8.00. The Morgan fingerprint density at radius 1 is 1.38 bits per heavy atom. The molecule has 0 aliphatic carbocycles. The molecule has 0 radical (unpaired) electrons. The van der Waals surface area contributed by atoms with Crippen LogP contribution in [0.15, 0.2) is 41.7 Å². The Labute approximate surface area is 127 Å². The molecule has 1 amide bonds. The Morgan fingerprint density at radius 2 is 2.14 bits per heavy atom. The van der Waals surface area contributed by atoms with Crippen molar-refractivity contribution in [2.24, 2.45) is 0 Å². The molecule has 2 aromatic heterocycles. The first kappa shape index (κ1) is 15.4. The van der Waals surface area contributed by atoms with Gasteiger partial charge >= 0.3 is 0 Å². The van der Waals surface area contributed by atoms with Crippen molar-refractivity contribution in [2.45, 2.75) is 37.1 Å². The largest absolute Gasteiger partial charge is 0.618 e. The van der Waals surface area contributed by atoms with Crippen LogP contribution in [0.25, 0.3) is 0 Å². The highest BCUT2D eigenvalue weighted by Gasteiger charge is 2.20. The van der Waals surface area contributed by atoms with Crippen LogP contribution in [-0.4, -0.2) is 20.9 Å². The van der Waals surface area contributed by atoms with Crippen LogP contribution in [-0.2, 0) is 4.79 Å². The summed E-state index contributed by atoms with van der Waals surface area (Å²) in [6.45, 7) is 5.75. The van der Waals surface area contributed by atoms with E-state index >= 15 is 0 Å². The van der Waals surface area contributed by atoms with E-state index < -0.39 is 0 Å². The number of carbonyl (C=O) groups is 1. The molecule has 0 aliphatic heterocycles. The SMILES string of the molecule is CC(Sc1cccc[n+]1[O-])C(=O)Nc1ccnn1C(C)C. The third-order valence-electron chi connectivity index (χ3n) is 2.87. The third-order valence-corrected chi connectivity index (χ3v) is 3.99. The van der Waals surface area contributed by atoms with E-state index in [-0.39, 0.29) is 17.2 Å². The van der Waals surface area contributed by atoms with Gasteiger partial charge in [-0.05, 0) is 38.6 Å². The smallest absolute Gasteiger partial charge is 0.252 e. The number of rotatable bonds is 5. The molecule has 0 saturated carbocycles. The Balaban J connectivity index is 2.03. The molecule has 0 spiro atoms. The molecule has 1 atom stereocenters. The van der Waals surface area contributed by atoms with E-state index in [4.69, 9.17) is 0 Å². The molecule has 1 N–H and O–H groups in total. The van der Waals surface area contributed by atoms with Crippen LogP contribution in [0.2, 0.25) is 0 Å². The van der Waals surface area contributed by atoms with Crippen LogP contribution >= 0.6 is 11.8 Å². The average molecular weight is 306 g/mol.